The molecular weight excluding hydrogens is 254 g/mol. The van der Waals surface area contributed by atoms with Gasteiger partial charge in [-0.2, -0.15) is 0 Å². The van der Waals surface area contributed by atoms with Gasteiger partial charge in [0.25, 0.3) is 0 Å². The van der Waals surface area contributed by atoms with E-state index in [0.717, 1.165) is 45.3 Å². The molecule has 0 aromatic rings. The van der Waals surface area contributed by atoms with Gasteiger partial charge in [-0.3, -0.25) is 9.59 Å². The molecule has 2 aliphatic rings. The number of carbonyl (C=O) groups excluding carboxylic acids is 2. The van der Waals surface area contributed by atoms with E-state index in [-0.39, 0.29) is 11.9 Å². The molecule has 1 saturated heterocycles. The highest BCUT2D eigenvalue weighted by molar-refractivity contribution is 5.81. The highest BCUT2D eigenvalue weighted by Gasteiger charge is 2.34. The van der Waals surface area contributed by atoms with Gasteiger partial charge >= 0.3 is 0 Å². The average molecular weight is 281 g/mol. The molecule has 1 aliphatic carbocycles. The first kappa shape index (κ1) is 15.3. The Morgan fingerprint density at radius 1 is 1.15 bits per heavy atom. The number of piperidine rings is 1. The summed E-state index contributed by atoms with van der Waals surface area (Å²) in [5.41, 5.74) is 0. The second kappa shape index (κ2) is 7.07. The highest BCUT2D eigenvalue weighted by atomic mass is 16.2. The lowest BCUT2D eigenvalue weighted by Crippen LogP contribution is -2.47. The molecule has 0 unspecified atom stereocenters. The first-order valence-electron chi connectivity index (χ1n) is 7.88. The number of hydrogen-bond donors (Lipinski definition) is 2. The molecule has 1 saturated carbocycles. The van der Waals surface area contributed by atoms with Crippen molar-refractivity contribution in [1.82, 2.24) is 15.5 Å². The van der Waals surface area contributed by atoms with Crippen LogP contribution < -0.4 is 10.6 Å². The Kier molecular flexibility index (Phi) is 5.40. The Hall–Kier alpha value is -1.10. The van der Waals surface area contributed by atoms with Gasteiger partial charge in [0, 0.05) is 44.1 Å². The summed E-state index contributed by atoms with van der Waals surface area (Å²) in [4.78, 5) is 25.7. The standard InChI is InChI=1S/C15H27N3O2/c1-11(2)16-8-5-14(19)17-13-6-9-18(10-7-13)15(20)12-3-4-12/h11-13,16H,3-10H2,1-2H3,(H,17,19). The molecular formula is C15H27N3O2. The normalized spacial score (nSPS) is 20.2. The van der Waals surface area contributed by atoms with E-state index in [1.165, 1.54) is 0 Å². The molecule has 0 bridgehead atoms. The van der Waals surface area contributed by atoms with E-state index < -0.39 is 0 Å². The first-order chi connectivity index (χ1) is 9.56. The zero-order valence-corrected chi connectivity index (χ0v) is 12.7. The minimum atomic E-state index is 0.116. The van der Waals surface area contributed by atoms with Crippen LogP contribution in [-0.2, 0) is 9.59 Å². The molecule has 0 radical (unpaired) electrons. The maximum atomic E-state index is 11.9. The van der Waals surface area contributed by atoms with Gasteiger partial charge in [-0.1, -0.05) is 13.8 Å². The Morgan fingerprint density at radius 3 is 2.35 bits per heavy atom. The van der Waals surface area contributed by atoms with Crippen LogP contribution in [0.4, 0.5) is 0 Å². The Morgan fingerprint density at radius 2 is 1.80 bits per heavy atom. The van der Waals surface area contributed by atoms with Crippen LogP contribution in [0, 0.1) is 5.92 Å². The quantitative estimate of drug-likeness (QED) is 0.760. The zero-order valence-electron chi connectivity index (χ0n) is 12.7. The molecule has 2 amide bonds. The number of nitrogens with zero attached hydrogens (tertiary/aromatic N) is 1. The fourth-order valence-electron chi connectivity index (χ4n) is 2.61. The van der Waals surface area contributed by atoms with Crippen molar-refractivity contribution in [3.63, 3.8) is 0 Å². The van der Waals surface area contributed by atoms with E-state index in [4.69, 9.17) is 0 Å². The molecule has 114 valence electrons. The monoisotopic (exact) mass is 281 g/mol. The third-order valence-electron chi connectivity index (χ3n) is 4.00. The lowest BCUT2D eigenvalue weighted by Gasteiger charge is -2.32. The van der Waals surface area contributed by atoms with Crippen LogP contribution in [0.1, 0.15) is 46.0 Å². The number of likely N-dealkylation sites (tertiary alicyclic amines) is 1. The van der Waals surface area contributed by atoms with Crippen LogP contribution in [0.15, 0.2) is 0 Å². The predicted molar refractivity (Wildman–Crippen MR) is 78.2 cm³/mol. The van der Waals surface area contributed by atoms with E-state index in [0.29, 0.717) is 24.3 Å². The molecule has 0 aromatic heterocycles. The molecule has 20 heavy (non-hydrogen) atoms. The van der Waals surface area contributed by atoms with Gasteiger partial charge in [-0.05, 0) is 25.7 Å². The van der Waals surface area contributed by atoms with Crippen LogP contribution in [0.3, 0.4) is 0 Å². The summed E-state index contributed by atoms with van der Waals surface area (Å²) in [5, 5.41) is 6.32. The summed E-state index contributed by atoms with van der Waals surface area (Å²) < 4.78 is 0. The Bertz CT molecular complexity index is 345. The number of carbonyl (C=O) groups is 2. The van der Waals surface area contributed by atoms with Crippen molar-refractivity contribution in [3.8, 4) is 0 Å². The van der Waals surface area contributed by atoms with Gasteiger partial charge in [0.2, 0.25) is 11.8 Å². The predicted octanol–water partition coefficient (Wildman–Crippen LogP) is 0.892. The van der Waals surface area contributed by atoms with Crippen LogP contribution in [0.25, 0.3) is 0 Å². The van der Waals surface area contributed by atoms with Crippen LogP contribution in [0.2, 0.25) is 0 Å². The number of nitrogens with one attached hydrogen (secondary N) is 2. The zero-order chi connectivity index (χ0) is 14.5. The summed E-state index contributed by atoms with van der Waals surface area (Å²) in [6.07, 6.45) is 4.44. The van der Waals surface area contributed by atoms with Crippen LogP contribution >= 0.6 is 0 Å². The minimum absolute atomic E-state index is 0.116. The largest absolute Gasteiger partial charge is 0.353 e. The Balaban J connectivity index is 1.61. The van der Waals surface area contributed by atoms with Crippen molar-refractivity contribution in [1.29, 1.82) is 0 Å². The SMILES string of the molecule is CC(C)NCCC(=O)NC1CCN(C(=O)C2CC2)CC1. The van der Waals surface area contributed by atoms with Crippen molar-refractivity contribution >= 4 is 11.8 Å². The molecule has 2 rings (SSSR count). The summed E-state index contributed by atoms with van der Waals surface area (Å²) in [6, 6.07) is 0.657. The average Bonchev–Trinajstić information content (AvgIpc) is 3.22. The molecule has 1 aliphatic heterocycles. The summed E-state index contributed by atoms with van der Waals surface area (Å²) in [7, 11) is 0. The van der Waals surface area contributed by atoms with Gasteiger partial charge in [-0.15, -0.1) is 0 Å². The maximum Gasteiger partial charge on any atom is 0.225 e. The molecule has 2 N–H and O–H groups in total. The number of hydrogen-bond acceptors (Lipinski definition) is 3. The summed E-state index contributed by atoms with van der Waals surface area (Å²) in [5.74, 6) is 0.754. The fourth-order valence-corrected chi connectivity index (χ4v) is 2.61. The van der Waals surface area contributed by atoms with E-state index in [9.17, 15) is 9.59 Å². The first-order valence-corrected chi connectivity index (χ1v) is 7.88. The fraction of sp³-hybridized carbons (Fsp3) is 0.867. The van der Waals surface area contributed by atoms with Crippen molar-refractivity contribution in [2.75, 3.05) is 19.6 Å². The molecule has 5 heteroatoms. The van der Waals surface area contributed by atoms with E-state index in [1.54, 1.807) is 0 Å². The highest BCUT2D eigenvalue weighted by Crippen LogP contribution is 2.31. The molecule has 2 fully saturated rings. The van der Waals surface area contributed by atoms with E-state index in [2.05, 4.69) is 24.5 Å². The number of rotatable bonds is 6. The Labute approximate surface area is 121 Å². The second-order valence-corrected chi connectivity index (χ2v) is 6.30. The van der Waals surface area contributed by atoms with Gasteiger partial charge in [0.1, 0.15) is 0 Å². The molecule has 0 aromatic carbocycles. The van der Waals surface area contributed by atoms with Gasteiger partial charge < -0.3 is 15.5 Å². The molecule has 5 nitrogen and oxygen atoms in total. The molecule has 0 atom stereocenters. The summed E-state index contributed by atoms with van der Waals surface area (Å²) in [6.45, 7) is 6.46. The topological polar surface area (TPSA) is 61.4 Å². The van der Waals surface area contributed by atoms with E-state index in [1.807, 2.05) is 4.90 Å². The van der Waals surface area contributed by atoms with Gasteiger partial charge in [-0.25, -0.2) is 0 Å². The van der Waals surface area contributed by atoms with Gasteiger partial charge in [0.05, 0.1) is 0 Å². The maximum absolute atomic E-state index is 11.9. The molecule has 1 heterocycles. The van der Waals surface area contributed by atoms with Crippen molar-refractivity contribution < 1.29 is 9.59 Å². The minimum Gasteiger partial charge on any atom is -0.353 e. The smallest absolute Gasteiger partial charge is 0.225 e. The van der Waals surface area contributed by atoms with Crippen LogP contribution in [0.5, 0.6) is 0 Å². The van der Waals surface area contributed by atoms with Crippen molar-refractivity contribution in [3.05, 3.63) is 0 Å². The van der Waals surface area contributed by atoms with Crippen molar-refractivity contribution in [2.24, 2.45) is 5.92 Å². The summed E-state index contributed by atoms with van der Waals surface area (Å²) >= 11 is 0. The van der Waals surface area contributed by atoms with Gasteiger partial charge in [0.15, 0.2) is 0 Å². The van der Waals surface area contributed by atoms with Crippen LogP contribution in [-0.4, -0.2) is 48.4 Å². The van der Waals surface area contributed by atoms with Crippen molar-refractivity contribution in [2.45, 2.75) is 58.0 Å². The number of amides is 2. The lowest BCUT2D eigenvalue weighted by molar-refractivity contribution is -0.133. The third-order valence-corrected chi connectivity index (χ3v) is 4.00. The second-order valence-electron chi connectivity index (χ2n) is 6.30. The third kappa shape index (κ3) is 4.78. The lowest BCUT2D eigenvalue weighted by atomic mass is 10.0. The molecule has 0 spiro atoms. The van der Waals surface area contributed by atoms with E-state index >= 15 is 0 Å².